The summed E-state index contributed by atoms with van der Waals surface area (Å²) in [4.78, 5) is 24.1. The fraction of sp³-hybridized carbons (Fsp3) is 0.273. The van der Waals surface area contributed by atoms with Crippen LogP contribution in [0.25, 0.3) is 6.08 Å². The molecule has 0 radical (unpaired) electrons. The third-order valence-electron chi connectivity index (χ3n) is 4.45. The van der Waals surface area contributed by atoms with E-state index in [9.17, 15) is 9.59 Å². The van der Waals surface area contributed by atoms with Gasteiger partial charge in [-0.15, -0.1) is 0 Å². The molecule has 0 aliphatic heterocycles. The lowest BCUT2D eigenvalue weighted by Crippen LogP contribution is -2.25. The summed E-state index contributed by atoms with van der Waals surface area (Å²) in [7, 11) is 0. The summed E-state index contributed by atoms with van der Waals surface area (Å²) in [5, 5.41) is 5.91. The van der Waals surface area contributed by atoms with Gasteiger partial charge in [-0.3, -0.25) is 9.59 Å². The first-order valence-electron chi connectivity index (χ1n) is 8.97. The molecule has 1 fully saturated rings. The molecule has 2 amide bonds. The van der Waals surface area contributed by atoms with E-state index in [4.69, 9.17) is 0 Å². The van der Waals surface area contributed by atoms with E-state index in [0.717, 1.165) is 24.0 Å². The third-order valence-corrected chi connectivity index (χ3v) is 4.45. The van der Waals surface area contributed by atoms with Crippen molar-refractivity contribution in [2.45, 2.75) is 38.8 Å². The van der Waals surface area contributed by atoms with Gasteiger partial charge in [-0.2, -0.15) is 0 Å². The van der Waals surface area contributed by atoms with Crippen LogP contribution in [-0.4, -0.2) is 17.9 Å². The molecule has 0 saturated heterocycles. The van der Waals surface area contributed by atoms with Crippen LogP contribution < -0.4 is 10.6 Å². The van der Waals surface area contributed by atoms with Gasteiger partial charge in [0.15, 0.2) is 0 Å². The molecule has 0 bridgehead atoms. The Morgan fingerprint density at radius 3 is 2.31 bits per heavy atom. The van der Waals surface area contributed by atoms with Crippen molar-refractivity contribution in [1.29, 1.82) is 0 Å². The SMILES string of the molecule is Cc1ccc(C(C)NC(=O)/C=C/c2ccc(C(=O)NC3CC3)cc2)cc1. The molecule has 3 rings (SSSR count). The van der Waals surface area contributed by atoms with E-state index in [1.807, 2.05) is 50.2 Å². The van der Waals surface area contributed by atoms with Crippen LogP contribution >= 0.6 is 0 Å². The maximum atomic E-state index is 12.1. The molecule has 0 aromatic heterocycles. The maximum Gasteiger partial charge on any atom is 0.251 e. The van der Waals surface area contributed by atoms with Gasteiger partial charge in [-0.1, -0.05) is 42.0 Å². The molecule has 0 spiro atoms. The molecule has 2 aromatic carbocycles. The van der Waals surface area contributed by atoms with Gasteiger partial charge < -0.3 is 10.6 Å². The molecule has 2 aromatic rings. The first kappa shape index (κ1) is 17.9. The van der Waals surface area contributed by atoms with Gasteiger partial charge in [-0.25, -0.2) is 0 Å². The number of carbonyl (C=O) groups is 2. The van der Waals surface area contributed by atoms with Crippen molar-refractivity contribution < 1.29 is 9.59 Å². The largest absolute Gasteiger partial charge is 0.349 e. The molecule has 4 heteroatoms. The van der Waals surface area contributed by atoms with Crippen molar-refractivity contribution in [3.8, 4) is 0 Å². The molecular formula is C22H24N2O2. The summed E-state index contributed by atoms with van der Waals surface area (Å²) in [5.41, 5.74) is 3.79. The minimum Gasteiger partial charge on any atom is -0.349 e. The second-order valence-corrected chi connectivity index (χ2v) is 6.84. The van der Waals surface area contributed by atoms with Crippen LogP contribution in [0.4, 0.5) is 0 Å². The normalized spacial score (nSPS) is 14.8. The van der Waals surface area contributed by atoms with E-state index in [1.54, 1.807) is 18.2 Å². The molecule has 1 aliphatic rings. The monoisotopic (exact) mass is 348 g/mol. The number of hydrogen-bond acceptors (Lipinski definition) is 2. The fourth-order valence-electron chi connectivity index (χ4n) is 2.61. The molecule has 4 nitrogen and oxygen atoms in total. The highest BCUT2D eigenvalue weighted by Crippen LogP contribution is 2.19. The van der Waals surface area contributed by atoms with Crippen molar-refractivity contribution in [3.63, 3.8) is 0 Å². The van der Waals surface area contributed by atoms with Crippen molar-refractivity contribution in [1.82, 2.24) is 10.6 Å². The zero-order valence-electron chi connectivity index (χ0n) is 15.2. The van der Waals surface area contributed by atoms with Crippen molar-refractivity contribution in [2.75, 3.05) is 0 Å². The molecule has 1 unspecified atom stereocenters. The van der Waals surface area contributed by atoms with Crippen LogP contribution in [0.15, 0.2) is 54.6 Å². The Kier molecular flexibility index (Phi) is 5.52. The summed E-state index contributed by atoms with van der Waals surface area (Å²) in [6.45, 7) is 4.00. The average Bonchev–Trinajstić information content (AvgIpc) is 3.45. The molecule has 2 N–H and O–H groups in total. The maximum absolute atomic E-state index is 12.1. The Morgan fingerprint density at radius 2 is 1.69 bits per heavy atom. The van der Waals surface area contributed by atoms with Crippen LogP contribution in [0.1, 0.15) is 52.9 Å². The van der Waals surface area contributed by atoms with E-state index >= 15 is 0 Å². The lowest BCUT2D eigenvalue weighted by Gasteiger charge is -2.13. The van der Waals surface area contributed by atoms with E-state index in [1.165, 1.54) is 11.6 Å². The Labute approximate surface area is 154 Å². The third kappa shape index (κ3) is 5.06. The van der Waals surface area contributed by atoms with Gasteiger partial charge in [0.2, 0.25) is 5.91 Å². The molecule has 134 valence electrons. The molecule has 26 heavy (non-hydrogen) atoms. The molecule has 0 heterocycles. The number of hydrogen-bond donors (Lipinski definition) is 2. The number of amides is 2. The van der Waals surface area contributed by atoms with Crippen LogP contribution in [0.3, 0.4) is 0 Å². The number of nitrogens with one attached hydrogen (secondary N) is 2. The van der Waals surface area contributed by atoms with Crippen molar-refractivity contribution in [3.05, 3.63) is 76.9 Å². The second kappa shape index (κ2) is 8.00. The van der Waals surface area contributed by atoms with Crippen LogP contribution in [0.2, 0.25) is 0 Å². The van der Waals surface area contributed by atoms with Crippen LogP contribution in [0, 0.1) is 6.92 Å². The number of benzene rings is 2. The zero-order valence-corrected chi connectivity index (χ0v) is 15.2. The molecule has 1 atom stereocenters. The van der Waals surface area contributed by atoms with E-state index in [-0.39, 0.29) is 17.9 Å². The highest BCUT2D eigenvalue weighted by molar-refractivity contribution is 5.95. The van der Waals surface area contributed by atoms with Gasteiger partial charge >= 0.3 is 0 Å². The highest BCUT2D eigenvalue weighted by atomic mass is 16.2. The first-order chi connectivity index (χ1) is 12.5. The minimum atomic E-state index is -0.145. The van der Waals surface area contributed by atoms with Crippen molar-refractivity contribution in [2.24, 2.45) is 0 Å². The standard InChI is InChI=1S/C22H24N2O2/c1-15-3-8-18(9-4-15)16(2)23-21(25)14-7-17-5-10-19(11-6-17)22(26)24-20-12-13-20/h3-11,14,16,20H,12-13H2,1-2H3,(H,23,25)(H,24,26)/b14-7+. The zero-order chi connectivity index (χ0) is 18.5. The summed E-state index contributed by atoms with van der Waals surface area (Å²) < 4.78 is 0. The topological polar surface area (TPSA) is 58.2 Å². The fourth-order valence-corrected chi connectivity index (χ4v) is 2.61. The summed E-state index contributed by atoms with van der Waals surface area (Å²) in [5.74, 6) is -0.179. The Morgan fingerprint density at radius 1 is 1.04 bits per heavy atom. The number of rotatable bonds is 6. The predicted octanol–water partition coefficient (Wildman–Crippen LogP) is 3.78. The van der Waals surface area contributed by atoms with Crippen molar-refractivity contribution >= 4 is 17.9 Å². The predicted molar refractivity (Wildman–Crippen MR) is 104 cm³/mol. The first-order valence-corrected chi connectivity index (χ1v) is 8.97. The summed E-state index contributed by atoms with van der Waals surface area (Å²) in [6.07, 6.45) is 5.41. The molecule has 1 aliphatic carbocycles. The van der Waals surface area contributed by atoms with Gasteiger partial charge in [0, 0.05) is 17.7 Å². The summed E-state index contributed by atoms with van der Waals surface area (Å²) in [6, 6.07) is 15.7. The van der Waals surface area contributed by atoms with Gasteiger partial charge in [0.25, 0.3) is 5.91 Å². The second-order valence-electron chi connectivity index (χ2n) is 6.84. The van der Waals surface area contributed by atoms with E-state index < -0.39 is 0 Å². The number of carbonyl (C=O) groups excluding carboxylic acids is 2. The lowest BCUT2D eigenvalue weighted by atomic mass is 10.1. The molecule has 1 saturated carbocycles. The Hall–Kier alpha value is -2.88. The number of aryl methyl sites for hydroxylation is 1. The van der Waals surface area contributed by atoms with Crippen LogP contribution in [0.5, 0.6) is 0 Å². The van der Waals surface area contributed by atoms with E-state index in [2.05, 4.69) is 10.6 Å². The molecular weight excluding hydrogens is 324 g/mol. The Bertz CT molecular complexity index is 803. The van der Waals surface area contributed by atoms with Crippen LogP contribution in [-0.2, 0) is 4.79 Å². The highest BCUT2D eigenvalue weighted by Gasteiger charge is 2.23. The average molecular weight is 348 g/mol. The van der Waals surface area contributed by atoms with E-state index in [0.29, 0.717) is 11.6 Å². The van der Waals surface area contributed by atoms with Gasteiger partial charge in [0.1, 0.15) is 0 Å². The van der Waals surface area contributed by atoms with Gasteiger partial charge in [0.05, 0.1) is 6.04 Å². The minimum absolute atomic E-state index is 0.0345. The summed E-state index contributed by atoms with van der Waals surface area (Å²) >= 11 is 0. The van der Waals surface area contributed by atoms with Gasteiger partial charge in [-0.05, 0) is 56.0 Å². The Balaban J connectivity index is 1.53. The smallest absolute Gasteiger partial charge is 0.251 e. The lowest BCUT2D eigenvalue weighted by molar-refractivity contribution is -0.117. The quantitative estimate of drug-likeness (QED) is 0.781.